The van der Waals surface area contributed by atoms with Gasteiger partial charge in [-0.3, -0.25) is 9.59 Å². The Hall–Kier alpha value is -4.22. The zero-order valence-corrected chi connectivity index (χ0v) is 19.6. The van der Waals surface area contributed by atoms with E-state index in [-0.39, 0.29) is 23.7 Å². The van der Waals surface area contributed by atoms with Gasteiger partial charge in [-0.2, -0.15) is 13.2 Å². The Kier molecular flexibility index (Phi) is 7.28. The number of hydrogen-bond donors (Lipinski definition) is 2. The molecule has 1 aliphatic rings. The summed E-state index contributed by atoms with van der Waals surface area (Å²) in [5, 5.41) is 2.22. The fourth-order valence-electron chi connectivity index (χ4n) is 4.12. The predicted octanol–water partition coefficient (Wildman–Crippen LogP) is 3.79. The monoisotopic (exact) mass is 518 g/mol. The molecular weight excluding hydrogens is 496 g/mol. The topological polar surface area (TPSA) is 116 Å². The molecule has 1 aromatic carbocycles. The lowest BCUT2D eigenvalue weighted by Gasteiger charge is -2.28. The number of methoxy groups -OCH3 is 1. The number of carbonyl (C=O) groups excluding carboxylic acids is 2. The van der Waals surface area contributed by atoms with Gasteiger partial charge < -0.3 is 20.5 Å². The smallest absolute Gasteiger partial charge is 0.390 e. The highest BCUT2D eigenvalue weighted by molar-refractivity contribution is 5.97. The fraction of sp³-hybridized carbons (Fsp3) is 0.280. The summed E-state index contributed by atoms with van der Waals surface area (Å²) in [6.45, 7) is -0.538. The van der Waals surface area contributed by atoms with Gasteiger partial charge in [0.2, 0.25) is 11.8 Å². The van der Waals surface area contributed by atoms with Crippen molar-refractivity contribution in [1.82, 2.24) is 15.3 Å². The predicted molar refractivity (Wildman–Crippen MR) is 124 cm³/mol. The highest BCUT2D eigenvalue weighted by atomic mass is 19.4. The second kappa shape index (κ2) is 10.4. The number of rotatable bonds is 7. The van der Waals surface area contributed by atoms with Crippen molar-refractivity contribution in [2.45, 2.75) is 24.9 Å². The molecule has 194 valence electrons. The van der Waals surface area contributed by atoms with Crippen LogP contribution in [0.15, 0.2) is 42.7 Å². The van der Waals surface area contributed by atoms with Crippen LogP contribution in [0.1, 0.15) is 44.3 Å². The summed E-state index contributed by atoms with van der Waals surface area (Å²) in [5.74, 6) is -2.38. The van der Waals surface area contributed by atoms with Gasteiger partial charge in [0.05, 0.1) is 25.7 Å². The number of hydrogen-bond acceptors (Lipinski definition) is 6. The van der Waals surface area contributed by atoms with Gasteiger partial charge in [0.25, 0.3) is 5.91 Å². The number of ether oxygens (including phenoxy) is 2. The fourth-order valence-corrected chi connectivity index (χ4v) is 4.12. The summed E-state index contributed by atoms with van der Waals surface area (Å²) in [6.07, 6.45) is -2.79. The van der Waals surface area contributed by atoms with E-state index in [9.17, 15) is 27.2 Å². The van der Waals surface area contributed by atoms with E-state index in [2.05, 4.69) is 15.3 Å². The molecule has 12 heteroatoms. The van der Waals surface area contributed by atoms with Gasteiger partial charge in [0.15, 0.2) is 5.82 Å². The summed E-state index contributed by atoms with van der Waals surface area (Å²) in [5.41, 5.74) is 7.36. The molecule has 3 aromatic rings. The Bertz CT molecular complexity index is 1350. The molecule has 3 heterocycles. The number of fused-ring (bicyclic) bond motifs is 1. The van der Waals surface area contributed by atoms with Crippen molar-refractivity contribution < 1.29 is 36.6 Å². The number of nitrogens with zero attached hydrogens (tertiary/aromatic N) is 2. The Labute approximate surface area is 208 Å². The van der Waals surface area contributed by atoms with Crippen LogP contribution in [0.25, 0.3) is 11.1 Å². The van der Waals surface area contributed by atoms with Crippen molar-refractivity contribution in [1.29, 1.82) is 0 Å². The number of nitrogens with one attached hydrogen (secondary N) is 1. The van der Waals surface area contributed by atoms with E-state index in [4.69, 9.17) is 15.2 Å². The largest absolute Gasteiger partial charge is 0.493 e. The van der Waals surface area contributed by atoms with Crippen LogP contribution in [-0.2, 0) is 6.42 Å². The average molecular weight is 518 g/mol. The first-order valence-corrected chi connectivity index (χ1v) is 11.2. The Morgan fingerprint density at radius 1 is 1.22 bits per heavy atom. The first-order chi connectivity index (χ1) is 17.6. The quantitative estimate of drug-likeness (QED) is 0.460. The van der Waals surface area contributed by atoms with Crippen LogP contribution in [0.2, 0.25) is 0 Å². The normalized spacial score (nSPS) is 14.9. The second-order valence-electron chi connectivity index (χ2n) is 8.36. The standard InChI is InChI=1S/C25H22F4N4O4/c1-36-24-19(26)9-13(10-33-24)16-3-2-4-20-18(16)8-15(12-37-20)17-7-14(22(30)34)11-32-21(17)23(35)31-6-5-25(27,28)29/h2-4,7,9-11,15H,5-6,8,12H2,1H3,(H2,30,34)(H,31,35)/t15-/m1/s1. The van der Waals surface area contributed by atoms with E-state index in [1.165, 1.54) is 25.4 Å². The summed E-state index contributed by atoms with van der Waals surface area (Å²) < 4.78 is 62.8. The van der Waals surface area contributed by atoms with Gasteiger partial charge in [-0.15, -0.1) is 0 Å². The van der Waals surface area contributed by atoms with E-state index in [1.807, 2.05) is 0 Å². The number of alkyl halides is 3. The van der Waals surface area contributed by atoms with E-state index >= 15 is 0 Å². The lowest BCUT2D eigenvalue weighted by molar-refractivity contribution is -0.133. The molecule has 0 saturated heterocycles. The van der Waals surface area contributed by atoms with Gasteiger partial charge in [0, 0.05) is 36.0 Å². The van der Waals surface area contributed by atoms with Crippen molar-refractivity contribution in [3.63, 3.8) is 0 Å². The number of amides is 2. The minimum absolute atomic E-state index is 0.0300. The molecule has 0 radical (unpaired) electrons. The SMILES string of the molecule is COc1ncc(-c2cccc3c2C[C@@H](c2cc(C(N)=O)cnc2C(=O)NCCC(F)(F)F)CO3)cc1F. The van der Waals surface area contributed by atoms with Gasteiger partial charge >= 0.3 is 6.18 Å². The molecular formula is C25H22F4N4O4. The summed E-state index contributed by atoms with van der Waals surface area (Å²) >= 11 is 0. The van der Waals surface area contributed by atoms with Crippen LogP contribution in [0.5, 0.6) is 11.6 Å². The van der Waals surface area contributed by atoms with E-state index in [0.717, 1.165) is 6.20 Å². The van der Waals surface area contributed by atoms with Crippen LogP contribution in [0.4, 0.5) is 17.6 Å². The van der Waals surface area contributed by atoms with Crippen molar-refractivity contribution in [2.75, 3.05) is 20.3 Å². The van der Waals surface area contributed by atoms with Gasteiger partial charge in [-0.05, 0) is 35.7 Å². The summed E-state index contributed by atoms with van der Waals surface area (Å²) in [7, 11) is 1.30. The molecule has 1 aliphatic heterocycles. The number of nitrogens with two attached hydrogens (primary N) is 1. The maximum atomic E-state index is 14.4. The molecule has 1 atom stereocenters. The third kappa shape index (κ3) is 5.79. The van der Waals surface area contributed by atoms with Crippen LogP contribution < -0.4 is 20.5 Å². The zero-order valence-electron chi connectivity index (χ0n) is 19.6. The van der Waals surface area contributed by atoms with Crippen LogP contribution in [0, 0.1) is 5.82 Å². The van der Waals surface area contributed by atoms with Crippen molar-refractivity contribution in [3.8, 4) is 22.8 Å². The number of halogens is 4. The molecule has 0 fully saturated rings. The van der Waals surface area contributed by atoms with Crippen LogP contribution >= 0.6 is 0 Å². The molecule has 0 saturated carbocycles. The molecule has 0 bridgehead atoms. The molecule has 2 aromatic heterocycles. The van der Waals surface area contributed by atoms with Gasteiger partial charge in [-0.25, -0.2) is 14.4 Å². The summed E-state index contributed by atoms with van der Waals surface area (Å²) in [6, 6.07) is 7.91. The van der Waals surface area contributed by atoms with Crippen LogP contribution in [0.3, 0.4) is 0 Å². The lowest BCUT2D eigenvalue weighted by atomic mass is 9.85. The molecule has 8 nitrogen and oxygen atoms in total. The molecule has 0 spiro atoms. The molecule has 0 aliphatic carbocycles. The van der Waals surface area contributed by atoms with E-state index < -0.39 is 42.7 Å². The molecule has 2 amide bonds. The Morgan fingerprint density at radius 2 is 2.00 bits per heavy atom. The zero-order chi connectivity index (χ0) is 26.7. The van der Waals surface area contributed by atoms with Crippen molar-refractivity contribution >= 4 is 11.8 Å². The Morgan fingerprint density at radius 3 is 2.68 bits per heavy atom. The molecule has 37 heavy (non-hydrogen) atoms. The van der Waals surface area contributed by atoms with Crippen molar-refractivity contribution in [3.05, 3.63) is 70.9 Å². The highest BCUT2D eigenvalue weighted by Gasteiger charge is 2.30. The Balaban J connectivity index is 1.69. The third-order valence-corrected chi connectivity index (χ3v) is 5.89. The average Bonchev–Trinajstić information content (AvgIpc) is 2.86. The van der Waals surface area contributed by atoms with E-state index in [0.29, 0.717) is 34.4 Å². The number of benzene rings is 1. The minimum atomic E-state index is -4.44. The third-order valence-electron chi connectivity index (χ3n) is 5.89. The first kappa shape index (κ1) is 25.9. The number of aromatic nitrogens is 2. The maximum Gasteiger partial charge on any atom is 0.390 e. The maximum absolute atomic E-state index is 14.4. The number of carbonyl (C=O) groups is 2. The number of pyridine rings is 2. The van der Waals surface area contributed by atoms with Gasteiger partial charge in [-0.1, -0.05) is 12.1 Å². The minimum Gasteiger partial charge on any atom is -0.493 e. The summed E-state index contributed by atoms with van der Waals surface area (Å²) in [4.78, 5) is 32.6. The van der Waals surface area contributed by atoms with Crippen molar-refractivity contribution in [2.24, 2.45) is 5.73 Å². The van der Waals surface area contributed by atoms with Gasteiger partial charge in [0.1, 0.15) is 11.4 Å². The first-order valence-electron chi connectivity index (χ1n) is 11.2. The lowest BCUT2D eigenvalue weighted by Crippen LogP contribution is -2.31. The molecule has 4 rings (SSSR count). The highest BCUT2D eigenvalue weighted by Crippen LogP contribution is 2.39. The van der Waals surface area contributed by atoms with Crippen LogP contribution in [-0.4, -0.2) is 48.2 Å². The molecule has 0 unspecified atom stereocenters. The number of primary amides is 1. The second-order valence-corrected chi connectivity index (χ2v) is 8.36. The molecule has 3 N–H and O–H groups in total. The van der Waals surface area contributed by atoms with E-state index in [1.54, 1.807) is 18.2 Å².